The molecule has 2 amide bonds. The smallest absolute Gasteiger partial charge is 0.248 e. The van der Waals surface area contributed by atoms with E-state index in [-0.39, 0.29) is 30.1 Å². The fraction of sp³-hybridized carbons (Fsp3) is 0.103. The zero-order valence-corrected chi connectivity index (χ0v) is 20.5. The molecule has 2 aromatic heterocycles. The maximum absolute atomic E-state index is 14.0. The van der Waals surface area contributed by atoms with Crippen LogP contribution < -0.4 is 11.1 Å². The third-order valence-corrected chi connectivity index (χ3v) is 6.33. The van der Waals surface area contributed by atoms with E-state index < -0.39 is 23.6 Å². The molecule has 39 heavy (non-hydrogen) atoms. The van der Waals surface area contributed by atoms with Crippen molar-refractivity contribution < 1.29 is 23.5 Å². The third-order valence-electron chi connectivity index (χ3n) is 6.33. The van der Waals surface area contributed by atoms with Crippen molar-refractivity contribution in [2.24, 2.45) is 5.73 Å². The maximum atomic E-state index is 14.0. The molecule has 0 aliphatic heterocycles. The topological polar surface area (TPSA) is 134 Å². The Kier molecular flexibility index (Phi) is 7.00. The number of nitrogens with zero attached hydrogens (tertiary/aromatic N) is 2. The molecule has 8 nitrogen and oxygen atoms in total. The number of halogens is 2. The van der Waals surface area contributed by atoms with Crippen LogP contribution in [0.2, 0.25) is 0 Å². The molecule has 5 aromatic rings. The van der Waals surface area contributed by atoms with Gasteiger partial charge in [-0.15, -0.1) is 0 Å². The molecule has 0 radical (unpaired) electrons. The van der Waals surface area contributed by atoms with Gasteiger partial charge in [-0.2, -0.15) is 0 Å². The first-order valence-electron chi connectivity index (χ1n) is 12.0. The highest BCUT2D eigenvalue weighted by Gasteiger charge is 2.23. The van der Waals surface area contributed by atoms with Crippen molar-refractivity contribution in [3.05, 3.63) is 113 Å². The second-order valence-electron chi connectivity index (χ2n) is 9.09. The largest absolute Gasteiger partial charge is 0.508 e. The molecular formula is C29H23F2N5O3. The fourth-order valence-corrected chi connectivity index (χ4v) is 4.59. The zero-order chi connectivity index (χ0) is 27.5. The summed E-state index contributed by atoms with van der Waals surface area (Å²) in [5.41, 5.74) is 8.94. The lowest BCUT2D eigenvalue weighted by Crippen LogP contribution is -2.32. The molecule has 2 heterocycles. The number of aromatic amines is 1. The Bertz CT molecular complexity index is 1680. The Morgan fingerprint density at radius 1 is 1.05 bits per heavy atom. The van der Waals surface area contributed by atoms with E-state index in [1.54, 1.807) is 48.7 Å². The molecular weight excluding hydrogens is 504 g/mol. The second kappa shape index (κ2) is 10.7. The molecule has 0 saturated carbocycles. The summed E-state index contributed by atoms with van der Waals surface area (Å²) in [7, 11) is 0. The summed E-state index contributed by atoms with van der Waals surface area (Å²) >= 11 is 0. The van der Waals surface area contributed by atoms with E-state index in [2.05, 4.69) is 20.3 Å². The number of phenolic OH excluding ortho intramolecular Hbond substituents is 1. The number of benzene rings is 3. The van der Waals surface area contributed by atoms with E-state index in [1.807, 2.05) is 0 Å². The minimum atomic E-state index is -0.812. The predicted molar refractivity (Wildman–Crippen MR) is 141 cm³/mol. The first-order chi connectivity index (χ1) is 18.8. The average molecular weight is 528 g/mol. The Morgan fingerprint density at radius 3 is 2.62 bits per heavy atom. The first-order valence-corrected chi connectivity index (χ1v) is 12.0. The SMILES string of the molecule is NC(=O)c1cccc(-c2cncnc2[C@H](Cc2cc(F)cc(F)c2)NC(=O)Cc2c[nH]c3ccc(O)cc23)c1. The van der Waals surface area contributed by atoms with Gasteiger partial charge in [0, 0.05) is 40.5 Å². The molecule has 0 spiro atoms. The third kappa shape index (κ3) is 5.74. The lowest BCUT2D eigenvalue weighted by atomic mass is 9.95. The summed E-state index contributed by atoms with van der Waals surface area (Å²) in [6.07, 6.45) is 4.52. The van der Waals surface area contributed by atoms with E-state index in [0.29, 0.717) is 33.3 Å². The number of hydrogen-bond acceptors (Lipinski definition) is 5. The highest BCUT2D eigenvalue weighted by Crippen LogP contribution is 2.30. The summed E-state index contributed by atoms with van der Waals surface area (Å²) in [5, 5.41) is 13.5. The van der Waals surface area contributed by atoms with Crippen LogP contribution >= 0.6 is 0 Å². The summed E-state index contributed by atoms with van der Waals surface area (Å²) in [5.74, 6) is -2.41. The molecule has 0 fully saturated rings. The number of phenols is 1. The average Bonchev–Trinajstić information content (AvgIpc) is 3.29. The number of carbonyl (C=O) groups is 2. The Labute approximate surface area is 221 Å². The number of nitrogens with two attached hydrogens (primary N) is 1. The molecule has 0 unspecified atom stereocenters. The molecule has 5 rings (SSSR count). The van der Waals surface area contributed by atoms with Gasteiger partial charge in [-0.25, -0.2) is 18.7 Å². The van der Waals surface area contributed by atoms with Crippen molar-refractivity contribution in [1.82, 2.24) is 20.3 Å². The summed E-state index contributed by atoms with van der Waals surface area (Å²) in [6, 6.07) is 13.7. The van der Waals surface area contributed by atoms with Crippen LogP contribution in [0.5, 0.6) is 5.75 Å². The van der Waals surface area contributed by atoms with Crippen molar-refractivity contribution in [1.29, 1.82) is 0 Å². The van der Waals surface area contributed by atoms with Gasteiger partial charge in [0.2, 0.25) is 11.8 Å². The Hall–Kier alpha value is -5.12. The van der Waals surface area contributed by atoms with E-state index in [0.717, 1.165) is 11.6 Å². The van der Waals surface area contributed by atoms with Gasteiger partial charge in [0.1, 0.15) is 23.7 Å². The standard InChI is InChI=1S/C29H23F2N5O3/c30-20-6-16(7-21(31)11-20)8-26(36-27(38)10-19-13-34-25-5-4-22(37)12-23(19)25)28-24(14-33-15-35-28)17-2-1-3-18(9-17)29(32)39/h1-7,9,11-15,26,34,37H,8,10H2,(H2,32,39)(H,36,38)/t26-/m0/s1. The molecule has 1 atom stereocenters. The van der Waals surface area contributed by atoms with Crippen LogP contribution in [0.4, 0.5) is 8.78 Å². The maximum Gasteiger partial charge on any atom is 0.248 e. The number of aromatic nitrogens is 3. The van der Waals surface area contributed by atoms with Crippen LogP contribution in [0.3, 0.4) is 0 Å². The summed E-state index contributed by atoms with van der Waals surface area (Å²) < 4.78 is 28.0. The summed E-state index contributed by atoms with van der Waals surface area (Å²) in [4.78, 5) is 36.7. The molecule has 196 valence electrons. The van der Waals surface area contributed by atoms with Crippen molar-refractivity contribution in [2.45, 2.75) is 18.9 Å². The zero-order valence-electron chi connectivity index (χ0n) is 20.5. The minimum Gasteiger partial charge on any atom is -0.508 e. The fourth-order valence-electron chi connectivity index (χ4n) is 4.59. The highest BCUT2D eigenvalue weighted by atomic mass is 19.1. The molecule has 0 bridgehead atoms. The van der Waals surface area contributed by atoms with Crippen LogP contribution in [0.15, 0.2) is 79.4 Å². The number of fused-ring (bicyclic) bond motifs is 1. The number of rotatable bonds is 8. The highest BCUT2D eigenvalue weighted by molar-refractivity contribution is 5.94. The monoisotopic (exact) mass is 527 g/mol. The number of hydrogen-bond donors (Lipinski definition) is 4. The number of nitrogens with one attached hydrogen (secondary N) is 2. The van der Waals surface area contributed by atoms with Crippen molar-refractivity contribution in [3.63, 3.8) is 0 Å². The quantitative estimate of drug-likeness (QED) is 0.238. The van der Waals surface area contributed by atoms with Crippen LogP contribution in [0.25, 0.3) is 22.0 Å². The first kappa shape index (κ1) is 25.5. The number of primary amides is 1. The second-order valence-corrected chi connectivity index (χ2v) is 9.09. The molecule has 0 aliphatic rings. The molecule has 3 aromatic carbocycles. The van der Waals surface area contributed by atoms with Crippen LogP contribution in [0, 0.1) is 11.6 Å². The van der Waals surface area contributed by atoms with E-state index in [1.165, 1.54) is 24.7 Å². The molecule has 0 aliphatic carbocycles. The van der Waals surface area contributed by atoms with Crippen LogP contribution in [-0.2, 0) is 17.6 Å². The van der Waals surface area contributed by atoms with Gasteiger partial charge in [0.15, 0.2) is 0 Å². The minimum absolute atomic E-state index is 0.0224. The van der Waals surface area contributed by atoms with Gasteiger partial charge in [0.05, 0.1) is 18.2 Å². The Balaban J connectivity index is 1.52. The van der Waals surface area contributed by atoms with E-state index >= 15 is 0 Å². The van der Waals surface area contributed by atoms with Crippen molar-refractivity contribution in [3.8, 4) is 16.9 Å². The van der Waals surface area contributed by atoms with Crippen molar-refractivity contribution >= 4 is 22.7 Å². The van der Waals surface area contributed by atoms with Crippen LogP contribution in [-0.4, -0.2) is 31.9 Å². The van der Waals surface area contributed by atoms with Gasteiger partial charge < -0.3 is 21.1 Å². The van der Waals surface area contributed by atoms with Crippen LogP contribution in [0.1, 0.15) is 33.2 Å². The summed E-state index contributed by atoms with van der Waals surface area (Å²) in [6.45, 7) is 0. The lowest BCUT2D eigenvalue weighted by molar-refractivity contribution is -0.121. The lowest BCUT2D eigenvalue weighted by Gasteiger charge is -2.21. The normalized spacial score (nSPS) is 11.8. The number of amides is 2. The number of carbonyl (C=O) groups excluding carboxylic acids is 2. The predicted octanol–water partition coefficient (Wildman–Crippen LogP) is 4.35. The van der Waals surface area contributed by atoms with Gasteiger partial charge >= 0.3 is 0 Å². The van der Waals surface area contributed by atoms with Gasteiger partial charge in [-0.1, -0.05) is 12.1 Å². The Morgan fingerprint density at radius 2 is 1.85 bits per heavy atom. The molecule has 10 heteroatoms. The van der Waals surface area contributed by atoms with Crippen molar-refractivity contribution in [2.75, 3.05) is 0 Å². The van der Waals surface area contributed by atoms with E-state index in [9.17, 15) is 23.5 Å². The molecule has 0 saturated heterocycles. The van der Waals surface area contributed by atoms with Gasteiger partial charge in [-0.05, 0) is 65.6 Å². The van der Waals surface area contributed by atoms with Gasteiger partial charge in [-0.3, -0.25) is 9.59 Å². The number of H-pyrrole nitrogens is 1. The van der Waals surface area contributed by atoms with Gasteiger partial charge in [0.25, 0.3) is 0 Å². The van der Waals surface area contributed by atoms with E-state index in [4.69, 9.17) is 5.73 Å². The number of aromatic hydroxyl groups is 1. The molecule has 5 N–H and O–H groups in total.